The second-order valence-corrected chi connectivity index (χ2v) is 9.72. The Labute approximate surface area is 205 Å². The van der Waals surface area contributed by atoms with Gasteiger partial charge < -0.3 is 19.1 Å². The third kappa shape index (κ3) is 6.11. The number of nitrogens with zero attached hydrogens (tertiary/aromatic N) is 2. The molecule has 0 aliphatic carbocycles. The lowest BCUT2D eigenvalue weighted by Crippen LogP contribution is -2.43. The minimum absolute atomic E-state index is 0.0644. The van der Waals surface area contributed by atoms with Crippen LogP contribution in [0, 0.1) is 3.57 Å². The number of ether oxygens (including phenoxy) is 3. The SMILES string of the molecule is CCCN1C(=O)/C(=C/c2cc(I)c(OCC(=O)N3CCOCC3)c(OCC)c2)SC1=S. The fourth-order valence-corrected chi connectivity index (χ4v) is 5.27. The van der Waals surface area contributed by atoms with Gasteiger partial charge in [-0.2, -0.15) is 0 Å². The Morgan fingerprint density at radius 3 is 2.71 bits per heavy atom. The van der Waals surface area contributed by atoms with Crippen LogP contribution >= 0.6 is 46.6 Å². The van der Waals surface area contributed by atoms with Crippen molar-refractivity contribution in [3.8, 4) is 11.5 Å². The van der Waals surface area contributed by atoms with Gasteiger partial charge in [0.25, 0.3) is 11.8 Å². The van der Waals surface area contributed by atoms with Crippen molar-refractivity contribution >= 4 is 68.8 Å². The molecular formula is C21H25IN2O5S2. The van der Waals surface area contributed by atoms with E-state index in [-0.39, 0.29) is 18.4 Å². The molecule has 2 aliphatic heterocycles. The van der Waals surface area contributed by atoms with Gasteiger partial charge >= 0.3 is 0 Å². The molecule has 2 aliphatic rings. The van der Waals surface area contributed by atoms with Gasteiger partial charge in [-0.1, -0.05) is 30.9 Å². The monoisotopic (exact) mass is 576 g/mol. The van der Waals surface area contributed by atoms with E-state index in [0.717, 1.165) is 15.6 Å². The average Bonchev–Trinajstić information content (AvgIpc) is 3.01. The first-order valence-corrected chi connectivity index (χ1v) is 12.4. The number of rotatable bonds is 8. The number of amides is 2. The summed E-state index contributed by atoms with van der Waals surface area (Å²) in [5.41, 5.74) is 0.816. The van der Waals surface area contributed by atoms with Gasteiger partial charge in [0.05, 0.1) is 28.3 Å². The highest BCUT2D eigenvalue weighted by Crippen LogP contribution is 2.37. The van der Waals surface area contributed by atoms with Crippen LogP contribution in [0.15, 0.2) is 17.0 Å². The Hall–Kier alpha value is -1.37. The smallest absolute Gasteiger partial charge is 0.266 e. The molecule has 0 unspecified atom stereocenters. The lowest BCUT2D eigenvalue weighted by molar-refractivity contribution is -0.137. The maximum Gasteiger partial charge on any atom is 0.266 e. The summed E-state index contributed by atoms with van der Waals surface area (Å²) < 4.78 is 18.3. The number of thiocarbonyl (C=S) groups is 1. The lowest BCUT2D eigenvalue weighted by atomic mass is 10.2. The van der Waals surface area contributed by atoms with Crippen LogP contribution in [-0.4, -0.2) is 72.0 Å². The quantitative estimate of drug-likeness (QED) is 0.267. The molecule has 0 atom stereocenters. The molecule has 0 spiro atoms. The van der Waals surface area contributed by atoms with E-state index in [9.17, 15) is 9.59 Å². The zero-order valence-corrected chi connectivity index (χ0v) is 21.3. The summed E-state index contributed by atoms with van der Waals surface area (Å²) in [7, 11) is 0. The molecule has 168 valence electrons. The maximum atomic E-state index is 12.6. The van der Waals surface area contributed by atoms with Crippen LogP contribution in [-0.2, 0) is 14.3 Å². The normalized spacial score (nSPS) is 18.1. The molecule has 2 fully saturated rings. The van der Waals surface area contributed by atoms with Crippen molar-refractivity contribution < 1.29 is 23.8 Å². The first-order valence-electron chi connectivity index (χ1n) is 10.1. The van der Waals surface area contributed by atoms with Gasteiger partial charge in [0.1, 0.15) is 4.32 Å². The summed E-state index contributed by atoms with van der Waals surface area (Å²) in [6.45, 7) is 7.16. The van der Waals surface area contributed by atoms with Crippen LogP contribution in [0.1, 0.15) is 25.8 Å². The van der Waals surface area contributed by atoms with Crippen molar-refractivity contribution in [2.75, 3.05) is 46.1 Å². The van der Waals surface area contributed by atoms with E-state index in [4.69, 9.17) is 26.4 Å². The molecule has 7 nitrogen and oxygen atoms in total. The summed E-state index contributed by atoms with van der Waals surface area (Å²) in [6.07, 6.45) is 2.67. The molecule has 31 heavy (non-hydrogen) atoms. The Balaban J connectivity index is 1.78. The van der Waals surface area contributed by atoms with E-state index in [1.165, 1.54) is 11.8 Å². The highest BCUT2D eigenvalue weighted by Gasteiger charge is 2.31. The molecule has 0 N–H and O–H groups in total. The number of carbonyl (C=O) groups is 2. The van der Waals surface area contributed by atoms with Crippen LogP contribution in [0.25, 0.3) is 6.08 Å². The van der Waals surface area contributed by atoms with Crippen molar-refractivity contribution in [3.05, 3.63) is 26.2 Å². The summed E-state index contributed by atoms with van der Waals surface area (Å²) in [5.74, 6) is 0.922. The molecule has 0 bridgehead atoms. The minimum Gasteiger partial charge on any atom is -0.490 e. The first-order chi connectivity index (χ1) is 14.9. The van der Waals surface area contributed by atoms with E-state index in [1.54, 1.807) is 9.80 Å². The van der Waals surface area contributed by atoms with E-state index in [1.807, 2.05) is 32.1 Å². The van der Waals surface area contributed by atoms with E-state index in [0.29, 0.717) is 60.2 Å². The number of morpholine rings is 1. The maximum absolute atomic E-state index is 12.6. The van der Waals surface area contributed by atoms with Crippen LogP contribution in [0.3, 0.4) is 0 Å². The number of thioether (sulfide) groups is 1. The molecule has 3 rings (SSSR count). The number of halogens is 1. The van der Waals surface area contributed by atoms with E-state index < -0.39 is 0 Å². The largest absolute Gasteiger partial charge is 0.490 e. The molecule has 2 amide bonds. The molecule has 1 aromatic carbocycles. The molecule has 1 aromatic rings. The topological polar surface area (TPSA) is 68.3 Å². The second-order valence-electron chi connectivity index (χ2n) is 6.88. The highest BCUT2D eigenvalue weighted by atomic mass is 127. The molecule has 0 aromatic heterocycles. The Kier molecular flexibility index (Phi) is 8.99. The summed E-state index contributed by atoms with van der Waals surface area (Å²) in [4.78, 5) is 29.0. The fourth-order valence-electron chi connectivity index (χ4n) is 3.18. The zero-order chi connectivity index (χ0) is 22.4. The molecule has 2 saturated heterocycles. The molecule has 10 heteroatoms. The standard InChI is InChI=1S/C21H25IN2O5S2/c1-3-5-24-20(26)17(31-21(24)30)12-14-10-15(22)19(16(11-14)28-4-2)29-13-18(25)23-6-8-27-9-7-23/h10-12H,3-9,13H2,1-2H3/b17-12-. The van der Waals surface area contributed by atoms with Crippen molar-refractivity contribution in [2.24, 2.45) is 0 Å². The number of hydrogen-bond donors (Lipinski definition) is 0. The third-order valence-electron chi connectivity index (χ3n) is 4.65. The summed E-state index contributed by atoms with van der Waals surface area (Å²) in [5, 5.41) is 0. The molecular weight excluding hydrogens is 551 g/mol. The van der Waals surface area contributed by atoms with Gasteiger partial charge in [0.15, 0.2) is 18.1 Å². The van der Waals surface area contributed by atoms with Gasteiger partial charge in [-0.15, -0.1) is 0 Å². The summed E-state index contributed by atoms with van der Waals surface area (Å²) in [6, 6.07) is 3.73. The Bertz CT molecular complexity index is 887. The van der Waals surface area contributed by atoms with Crippen molar-refractivity contribution in [1.29, 1.82) is 0 Å². The van der Waals surface area contributed by atoms with Crippen LogP contribution in [0.4, 0.5) is 0 Å². The minimum atomic E-state index is -0.0785. The van der Waals surface area contributed by atoms with Crippen LogP contribution in [0.5, 0.6) is 11.5 Å². The van der Waals surface area contributed by atoms with Crippen molar-refractivity contribution in [1.82, 2.24) is 9.80 Å². The van der Waals surface area contributed by atoms with Crippen LogP contribution in [0.2, 0.25) is 0 Å². The van der Waals surface area contributed by atoms with Crippen molar-refractivity contribution in [3.63, 3.8) is 0 Å². The molecule has 0 saturated carbocycles. The van der Waals surface area contributed by atoms with Gasteiger partial charge in [-0.25, -0.2) is 0 Å². The molecule has 2 heterocycles. The number of benzene rings is 1. The van der Waals surface area contributed by atoms with Gasteiger partial charge in [0.2, 0.25) is 0 Å². The fraction of sp³-hybridized carbons (Fsp3) is 0.476. The molecule has 0 radical (unpaired) electrons. The average molecular weight is 576 g/mol. The predicted octanol–water partition coefficient (Wildman–Crippen LogP) is 3.54. The lowest BCUT2D eigenvalue weighted by Gasteiger charge is -2.27. The van der Waals surface area contributed by atoms with Gasteiger partial charge in [-0.05, 0) is 59.7 Å². The second kappa shape index (κ2) is 11.5. The Morgan fingerprint density at radius 2 is 2.03 bits per heavy atom. The predicted molar refractivity (Wildman–Crippen MR) is 133 cm³/mol. The van der Waals surface area contributed by atoms with Gasteiger partial charge in [-0.3, -0.25) is 14.5 Å². The first kappa shape index (κ1) is 24.3. The number of carbonyl (C=O) groups excluding carboxylic acids is 2. The number of hydrogen-bond acceptors (Lipinski definition) is 7. The van der Waals surface area contributed by atoms with Gasteiger partial charge in [0, 0.05) is 19.6 Å². The van der Waals surface area contributed by atoms with E-state index in [2.05, 4.69) is 22.6 Å². The van der Waals surface area contributed by atoms with E-state index >= 15 is 0 Å². The zero-order valence-electron chi connectivity index (χ0n) is 17.5. The van der Waals surface area contributed by atoms with Crippen LogP contribution < -0.4 is 9.47 Å². The third-order valence-corrected chi connectivity index (χ3v) is 6.83. The van der Waals surface area contributed by atoms with Crippen molar-refractivity contribution in [2.45, 2.75) is 20.3 Å². The highest BCUT2D eigenvalue weighted by molar-refractivity contribution is 14.1. The summed E-state index contributed by atoms with van der Waals surface area (Å²) >= 11 is 8.81. The Morgan fingerprint density at radius 1 is 1.29 bits per heavy atom.